The van der Waals surface area contributed by atoms with Crippen molar-refractivity contribution in [2.75, 3.05) is 18.9 Å². The summed E-state index contributed by atoms with van der Waals surface area (Å²) in [4.78, 5) is 29.0. The summed E-state index contributed by atoms with van der Waals surface area (Å²) in [5.74, 6) is -1.47. The zero-order chi connectivity index (χ0) is 18.7. The Morgan fingerprint density at radius 2 is 1.73 bits per heavy atom. The van der Waals surface area contributed by atoms with Gasteiger partial charge in [0.25, 0.3) is 0 Å². The summed E-state index contributed by atoms with van der Waals surface area (Å²) in [6.07, 6.45) is 1.50. The number of hydrogen-bond donors (Lipinski definition) is 1. The fraction of sp³-hybridized carbons (Fsp3) is 0.222. The zero-order valence-corrected chi connectivity index (χ0v) is 14.4. The maximum Gasteiger partial charge on any atom is 0.357 e. The SMILES string of the molecule is CCOC(=O)c1nc2c(cnn2-c2ccccc2)c(N)c1C(=O)OCC. The van der Waals surface area contributed by atoms with Crippen LogP contribution in [0.5, 0.6) is 0 Å². The van der Waals surface area contributed by atoms with E-state index in [4.69, 9.17) is 15.2 Å². The molecule has 0 atom stereocenters. The van der Waals surface area contributed by atoms with Crippen molar-refractivity contribution in [1.29, 1.82) is 0 Å². The highest BCUT2D eigenvalue weighted by molar-refractivity contribution is 6.11. The quantitative estimate of drug-likeness (QED) is 0.700. The Balaban J connectivity index is 2.27. The summed E-state index contributed by atoms with van der Waals surface area (Å²) in [6.45, 7) is 3.61. The van der Waals surface area contributed by atoms with Gasteiger partial charge in [0.2, 0.25) is 0 Å². The molecule has 3 rings (SSSR count). The molecule has 8 nitrogen and oxygen atoms in total. The lowest BCUT2D eigenvalue weighted by molar-refractivity contribution is 0.0475. The molecule has 1 aromatic carbocycles. The molecule has 134 valence electrons. The second-order valence-corrected chi connectivity index (χ2v) is 5.32. The number of anilines is 1. The Labute approximate surface area is 149 Å². The zero-order valence-electron chi connectivity index (χ0n) is 14.4. The van der Waals surface area contributed by atoms with E-state index in [9.17, 15) is 9.59 Å². The number of nitrogen functional groups attached to an aromatic ring is 1. The Hall–Kier alpha value is -3.42. The molecule has 0 unspecified atom stereocenters. The van der Waals surface area contributed by atoms with Crippen LogP contribution in [0.4, 0.5) is 5.69 Å². The molecular formula is C18H18N4O4. The number of ether oxygens (including phenoxy) is 2. The van der Waals surface area contributed by atoms with Gasteiger partial charge in [-0.15, -0.1) is 0 Å². The van der Waals surface area contributed by atoms with Gasteiger partial charge in [-0.25, -0.2) is 19.3 Å². The molecule has 0 saturated carbocycles. The summed E-state index contributed by atoms with van der Waals surface area (Å²) in [6, 6.07) is 9.26. The number of pyridine rings is 1. The number of benzene rings is 1. The monoisotopic (exact) mass is 354 g/mol. The largest absolute Gasteiger partial charge is 0.462 e. The smallest absolute Gasteiger partial charge is 0.357 e. The first kappa shape index (κ1) is 17.4. The number of aromatic nitrogens is 3. The Bertz CT molecular complexity index is 966. The van der Waals surface area contributed by atoms with Gasteiger partial charge >= 0.3 is 11.9 Å². The van der Waals surface area contributed by atoms with E-state index in [2.05, 4.69) is 10.1 Å². The van der Waals surface area contributed by atoms with Crippen molar-refractivity contribution in [1.82, 2.24) is 14.8 Å². The third-order valence-electron chi connectivity index (χ3n) is 3.71. The van der Waals surface area contributed by atoms with E-state index in [1.165, 1.54) is 6.20 Å². The van der Waals surface area contributed by atoms with Gasteiger partial charge in [-0.1, -0.05) is 18.2 Å². The van der Waals surface area contributed by atoms with Crippen LogP contribution in [0.25, 0.3) is 16.7 Å². The lowest BCUT2D eigenvalue weighted by Crippen LogP contribution is -2.19. The molecule has 0 spiro atoms. The predicted octanol–water partition coefficient (Wildman–Crippen LogP) is 2.36. The molecule has 3 aromatic rings. The maximum absolute atomic E-state index is 12.4. The van der Waals surface area contributed by atoms with Crippen molar-refractivity contribution in [3.63, 3.8) is 0 Å². The minimum Gasteiger partial charge on any atom is -0.462 e. The van der Waals surface area contributed by atoms with Crippen LogP contribution < -0.4 is 5.73 Å². The van der Waals surface area contributed by atoms with Crippen LogP contribution in [0.1, 0.15) is 34.7 Å². The molecule has 0 radical (unpaired) electrons. The van der Waals surface area contributed by atoms with E-state index >= 15 is 0 Å². The first-order chi connectivity index (χ1) is 12.6. The van der Waals surface area contributed by atoms with Crippen molar-refractivity contribution in [2.24, 2.45) is 0 Å². The fourth-order valence-corrected chi connectivity index (χ4v) is 2.58. The van der Waals surface area contributed by atoms with Crippen LogP contribution in [0.3, 0.4) is 0 Å². The predicted molar refractivity (Wildman–Crippen MR) is 95.2 cm³/mol. The van der Waals surface area contributed by atoms with Gasteiger partial charge in [-0.05, 0) is 26.0 Å². The molecule has 2 N–H and O–H groups in total. The van der Waals surface area contributed by atoms with Crippen LogP contribution in [-0.2, 0) is 9.47 Å². The highest BCUT2D eigenvalue weighted by atomic mass is 16.5. The molecule has 0 aliphatic carbocycles. The van der Waals surface area contributed by atoms with E-state index < -0.39 is 11.9 Å². The number of esters is 2. The number of carbonyl (C=O) groups excluding carboxylic acids is 2. The van der Waals surface area contributed by atoms with Crippen LogP contribution in [0.15, 0.2) is 36.5 Å². The topological polar surface area (TPSA) is 109 Å². The second-order valence-electron chi connectivity index (χ2n) is 5.32. The summed E-state index contributed by atoms with van der Waals surface area (Å²) in [5.41, 5.74) is 7.06. The van der Waals surface area contributed by atoms with Crippen LogP contribution in [-0.4, -0.2) is 39.9 Å². The molecule has 0 saturated heterocycles. The molecule has 0 aliphatic heterocycles. The minimum atomic E-state index is -0.745. The van der Waals surface area contributed by atoms with Gasteiger partial charge < -0.3 is 15.2 Å². The lowest BCUT2D eigenvalue weighted by atomic mass is 10.1. The van der Waals surface area contributed by atoms with Crippen molar-refractivity contribution >= 4 is 28.7 Å². The average molecular weight is 354 g/mol. The minimum absolute atomic E-state index is 0.0821. The van der Waals surface area contributed by atoms with Crippen molar-refractivity contribution in [3.8, 4) is 5.69 Å². The maximum atomic E-state index is 12.4. The Morgan fingerprint density at radius 3 is 2.38 bits per heavy atom. The van der Waals surface area contributed by atoms with Crippen LogP contribution in [0, 0.1) is 0 Å². The van der Waals surface area contributed by atoms with E-state index in [1.807, 2.05) is 30.3 Å². The van der Waals surface area contributed by atoms with E-state index in [0.717, 1.165) is 5.69 Å². The van der Waals surface area contributed by atoms with E-state index in [0.29, 0.717) is 11.0 Å². The molecule has 26 heavy (non-hydrogen) atoms. The highest BCUT2D eigenvalue weighted by Gasteiger charge is 2.27. The van der Waals surface area contributed by atoms with Gasteiger partial charge in [-0.2, -0.15) is 5.10 Å². The second kappa shape index (κ2) is 7.22. The molecule has 0 bridgehead atoms. The number of para-hydroxylation sites is 1. The summed E-state index contributed by atoms with van der Waals surface area (Å²) in [5, 5.41) is 4.74. The molecular weight excluding hydrogens is 336 g/mol. The van der Waals surface area contributed by atoms with E-state index in [1.54, 1.807) is 18.5 Å². The van der Waals surface area contributed by atoms with Gasteiger partial charge in [0.15, 0.2) is 11.3 Å². The Kier molecular flexibility index (Phi) is 4.83. The van der Waals surface area contributed by atoms with Crippen molar-refractivity contribution < 1.29 is 19.1 Å². The number of fused-ring (bicyclic) bond motifs is 1. The molecule has 8 heteroatoms. The normalized spacial score (nSPS) is 10.7. The molecule has 0 aliphatic rings. The first-order valence-electron chi connectivity index (χ1n) is 8.15. The molecule has 2 heterocycles. The number of hydrogen-bond acceptors (Lipinski definition) is 7. The molecule has 0 amide bonds. The Morgan fingerprint density at radius 1 is 1.08 bits per heavy atom. The lowest BCUT2D eigenvalue weighted by Gasteiger charge is -2.12. The number of nitrogens with zero attached hydrogens (tertiary/aromatic N) is 3. The average Bonchev–Trinajstić information content (AvgIpc) is 3.07. The van der Waals surface area contributed by atoms with Gasteiger partial charge in [0.05, 0.1) is 36.2 Å². The molecule has 0 fully saturated rings. The number of rotatable bonds is 5. The van der Waals surface area contributed by atoms with Gasteiger partial charge in [0, 0.05) is 0 Å². The number of nitrogens with two attached hydrogens (primary N) is 1. The van der Waals surface area contributed by atoms with Gasteiger partial charge in [-0.3, -0.25) is 0 Å². The third kappa shape index (κ3) is 2.97. The third-order valence-corrected chi connectivity index (χ3v) is 3.71. The highest BCUT2D eigenvalue weighted by Crippen LogP contribution is 2.28. The standard InChI is InChI=1S/C18H18N4O4/c1-3-25-17(23)13-14(19)12-10-20-22(11-8-6-5-7-9-11)16(12)21-15(13)18(24)26-4-2/h5-10H,3-4H2,1-2H3,(H2,19,21). The first-order valence-corrected chi connectivity index (χ1v) is 8.15. The van der Waals surface area contributed by atoms with E-state index in [-0.39, 0.29) is 30.2 Å². The summed E-state index contributed by atoms with van der Waals surface area (Å²) in [7, 11) is 0. The van der Waals surface area contributed by atoms with Crippen molar-refractivity contribution in [2.45, 2.75) is 13.8 Å². The summed E-state index contributed by atoms with van der Waals surface area (Å²) < 4.78 is 11.6. The van der Waals surface area contributed by atoms with Crippen LogP contribution >= 0.6 is 0 Å². The summed E-state index contributed by atoms with van der Waals surface area (Å²) >= 11 is 0. The number of carbonyl (C=O) groups is 2. The van der Waals surface area contributed by atoms with Crippen molar-refractivity contribution in [3.05, 3.63) is 47.8 Å². The fourth-order valence-electron chi connectivity index (χ4n) is 2.58. The van der Waals surface area contributed by atoms with Crippen LogP contribution in [0.2, 0.25) is 0 Å². The van der Waals surface area contributed by atoms with Gasteiger partial charge in [0.1, 0.15) is 5.56 Å². The molecule has 2 aromatic heterocycles.